The highest BCUT2D eigenvalue weighted by atomic mass is 16.6. The molecule has 0 fully saturated rings. The fraction of sp³-hybridized carbons (Fsp3) is 0.167. The number of hydrogen-bond acceptors (Lipinski definition) is 5. The molecule has 0 amide bonds. The molecule has 1 N–H and O–H groups in total. The topological polar surface area (TPSA) is 81.8 Å². The van der Waals surface area contributed by atoms with E-state index >= 15 is 0 Å². The van der Waals surface area contributed by atoms with Gasteiger partial charge in [-0.1, -0.05) is 5.16 Å². The Hall–Kier alpha value is -2.50. The lowest BCUT2D eigenvalue weighted by Crippen LogP contribution is -2.15. The van der Waals surface area contributed by atoms with E-state index in [1.807, 2.05) is 0 Å². The van der Waals surface area contributed by atoms with E-state index in [1.165, 1.54) is 6.07 Å². The Morgan fingerprint density at radius 1 is 1.17 bits per heavy atom. The zero-order valence-electron chi connectivity index (χ0n) is 9.25. The summed E-state index contributed by atoms with van der Waals surface area (Å²) in [7, 11) is 0. The molecule has 0 atom stereocenters. The Balaban J connectivity index is 1.98. The molecule has 1 aliphatic heterocycles. The molecule has 0 aliphatic carbocycles. The molecule has 0 unspecified atom stereocenters. The molecule has 0 saturated heterocycles. The van der Waals surface area contributed by atoms with Crippen LogP contribution in [0.1, 0.15) is 10.6 Å². The van der Waals surface area contributed by atoms with Crippen LogP contribution < -0.4 is 9.47 Å². The highest BCUT2D eigenvalue weighted by Gasteiger charge is 2.16. The Morgan fingerprint density at radius 2 is 1.94 bits per heavy atom. The maximum absolute atomic E-state index is 10.7. The third kappa shape index (κ3) is 1.77. The average Bonchev–Trinajstić information content (AvgIpc) is 2.88. The second-order valence-corrected chi connectivity index (χ2v) is 3.74. The molecule has 92 valence electrons. The first kappa shape index (κ1) is 10.6. The minimum Gasteiger partial charge on any atom is -0.486 e. The zero-order chi connectivity index (χ0) is 12.5. The summed E-state index contributed by atoms with van der Waals surface area (Å²) in [6, 6.07) is 6.65. The molecule has 2 heterocycles. The lowest BCUT2D eigenvalue weighted by atomic mass is 10.1. The van der Waals surface area contributed by atoms with Crippen molar-refractivity contribution in [1.82, 2.24) is 5.16 Å². The second kappa shape index (κ2) is 4.06. The second-order valence-electron chi connectivity index (χ2n) is 3.74. The lowest BCUT2D eigenvalue weighted by Gasteiger charge is -2.18. The molecule has 0 saturated carbocycles. The number of fused-ring (bicyclic) bond motifs is 1. The van der Waals surface area contributed by atoms with E-state index in [0.29, 0.717) is 30.4 Å². The fourth-order valence-corrected chi connectivity index (χ4v) is 1.71. The molecule has 1 aromatic heterocycles. The number of benzene rings is 1. The van der Waals surface area contributed by atoms with Crippen LogP contribution in [0, 0.1) is 0 Å². The van der Waals surface area contributed by atoms with Crippen LogP contribution in [0.5, 0.6) is 11.5 Å². The molecular weight excluding hydrogens is 238 g/mol. The SMILES string of the molecule is O=C(O)c1cc(-c2ccc3c(c2)OCCO3)no1. The Labute approximate surface area is 102 Å². The van der Waals surface area contributed by atoms with E-state index in [4.69, 9.17) is 19.1 Å². The number of aromatic carboxylic acids is 1. The average molecular weight is 247 g/mol. The zero-order valence-corrected chi connectivity index (χ0v) is 9.25. The van der Waals surface area contributed by atoms with E-state index in [1.54, 1.807) is 18.2 Å². The van der Waals surface area contributed by atoms with Gasteiger partial charge in [0.25, 0.3) is 0 Å². The van der Waals surface area contributed by atoms with Gasteiger partial charge in [-0.05, 0) is 18.2 Å². The molecule has 0 radical (unpaired) electrons. The van der Waals surface area contributed by atoms with Gasteiger partial charge in [0.1, 0.15) is 18.9 Å². The Morgan fingerprint density at radius 3 is 2.67 bits per heavy atom. The summed E-state index contributed by atoms with van der Waals surface area (Å²) < 4.78 is 15.5. The maximum Gasteiger partial charge on any atom is 0.374 e. The Bertz CT molecular complexity index is 604. The normalized spacial score (nSPS) is 13.3. The lowest BCUT2D eigenvalue weighted by molar-refractivity contribution is 0.0652. The van der Waals surface area contributed by atoms with Crippen molar-refractivity contribution in [1.29, 1.82) is 0 Å². The minimum absolute atomic E-state index is 0.195. The van der Waals surface area contributed by atoms with Gasteiger partial charge >= 0.3 is 5.97 Å². The molecular formula is C12H9NO5. The van der Waals surface area contributed by atoms with Crippen molar-refractivity contribution in [3.8, 4) is 22.8 Å². The number of aromatic nitrogens is 1. The highest BCUT2D eigenvalue weighted by Crippen LogP contribution is 2.34. The van der Waals surface area contributed by atoms with Gasteiger partial charge in [0.15, 0.2) is 11.5 Å². The fourth-order valence-electron chi connectivity index (χ4n) is 1.71. The quantitative estimate of drug-likeness (QED) is 0.871. The summed E-state index contributed by atoms with van der Waals surface area (Å²) >= 11 is 0. The number of carboxylic acid groups (broad SMARTS) is 1. The number of carbonyl (C=O) groups is 1. The molecule has 6 nitrogen and oxygen atoms in total. The van der Waals surface area contributed by atoms with Gasteiger partial charge in [-0.15, -0.1) is 0 Å². The van der Waals surface area contributed by atoms with Gasteiger partial charge in [0.05, 0.1) is 0 Å². The third-order valence-electron chi connectivity index (χ3n) is 2.56. The van der Waals surface area contributed by atoms with Crippen LogP contribution in [-0.4, -0.2) is 29.4 Å². The van der Waals surface area contributed by atoms with E-state index in [2.05, 4.69) is 5.16 Å². The van der Waals surface area contributed by atoms with Crippen LogP contribution in [0.4, 0.5) is 0 Å². The van der Waals surface area contributed by atoms with Crippen LogP contribution >= 0.6 is 0 Å². The number of ether oxygens (including phenoxy) is 2. The summed E-state index contributed by atoms with van der Waals surface area (Å²) in [5, 5.41) is 12.5. The van der Waals surface area contributed by atoms with Crippen molar-refractivity contribution >= 4 is 5.97 Å². The maximum atomic E-state index is 10.7. The summed E-state index contributed by atoms with van der Waals surface area (Å²) in [6.07, 6.45) is 0. The van der Waals surface area contributed by atoms with Gasteiger partial charge in [-0.2, -0.15) is 0 Å². The van der Waals surface area contributed by atoms with Crippen molar-refractivity contribution in [3.05, 3.63) is 30.0 Å². The summed E-state index contributed by atoms with van der Waals surface area (Å²) in [4.78, 5) is 10.7. The molecule has 1 aromatic carbocycles. The van der Waals surface area contributed by atoms with Crippen molar-refractivity contribution in [2.45, 2.75) is 0 Å². The van der Waals surface area contributed by atoms with Gasteiger partial charge in [0, 0.05) is 11.6 Å². The van der Waals surface area contributed by atoms with Crippen LogP contribution in [0.15, 0.2) is 28.8 Å². The predicted octanol–water partition coefficient (Wildman–Crippen LogP) is 1.81. The molecule has 2 aromatic rings. The largest absolute Gasteiger partial charge is 0.486 e. The molecule has 0 spiro atoms. The van der Waals surface area contributed by atoms with Crippen LogP contribution in [-0.2, 0) is 0 Å². The number of nitrogens with zero attached hydrogens (tertiary/aromatic N) is 1. The van der Waals surface area contributed by atoms with Crippen LogP contribution in [0.25, 0.3) is 11.3 Å². The van der Waals surface area contributed by atoms with Crippen molar-refractivity contribution in [3.63, 3.8) is 0 Å². The molecule has 3 rings (SSSR count). The predicted molar refractivity (Wildman–Crippen MR) is 59.9 cm³/mol. The van der Waals surface area contributed by atoms with E-state index in [-0.39, 0.29) is 5.76 Å². The Kier molecular flexibility index (Phi) is 2.40. The first-order valence-electron chi connectivity index (χ1n) is 5.34. The monoisotopic (exact) mass is 247 g/mol. The first-order valence-corrected chi connectivity index (χ1v) is 5.34. The van der Waals surface area contributed by atoms with Gasteiger partial charge < -0.3 is 19.1 Å². The third-order valence-corrected chi connectivity index (χ3v) is 2.56. The van der Waals surface area contributed by atoms with Gasteiger partial charge in [-0.3, -0.25) is 0 Å². The van der Waals surface area contributed by atoms with Crippen molar-refractivity contribution in [2.75, 3.05) is 13.2 Å². The van der Waals surface area contributed by atoms with E-state index in [9.17, 15) is 4.79 Å². The minimum atomic E-state index is -1.15. The van der Waals surface area contributed by atoms with Gasteiger partial charge in [0.2, 0.25) is 5.76 Å². The number of carboxylic acids is 1. The van der Waals surface area contributed by atoms with Crippen LogP contribution in [0.2, 0.25) is 0 Å². The van der Waals surface area contributed by atoms with E-state index in [0.717, 1.165) is 5.56 Å². The standard InChI is InChI=1S/C12H9NO5/c14-12(15)11-6-8(13-18-11)7-1-2-9-10(5-7)17-4-3-16-9/h1-2,5-6H,3-4H2,(H,14,15). The number of hydrogen-bond donors (Lipinski definition) is 1. The highest BCUT2D eigenvalue weighted by molar-refractivity contribution is 5.85. The smallest absolute Gasteiger partial charge is 0.374 e. The van der Waals surface area contributed by atoms with Crippen molar-refractivity contribution in [2.24, 2.45) is 0 Å². The van der Waals surface area contributed by atoms with Crippen molar-refractivity contribution < 1.29 is 23.9 Å². The molecule has 0 bridgehead atoms. The first-order chi connectivity index (χ1) is 8.74. The summed E-state index contributed by atoms with van der Waals surface area (Å²) in [5.74, 6) is -0.0447. The van der Waals surface area contributed by atoms with Gasteiger partial charge in [-0.25, -0.2) is 4.79 Å². The van der Waals surface area contributed by atoms with E-state index < -0.39 is 5.97 Å². The molecule has 18 heavy (non-hydrogen) atoms. The van der Waals surface area contributed by atoms with Crippen LogP contribution in [0.3, 0.4) is 0 Å². The molecule has 6 heteroatoms. The summed E-state index contributed by atoms with van der Waals surface area (Å²) in [6.45, 7) is 1.02. The number of rotatable bonds is 2. The summed E-state index contributed by atoms with van der Waals surface area (Å²) in [5.41, 5.74) is 1.17. The molecule has 1 aliphatic rings.